The molecule has 2 aromatic carbocycles. The van der Waals surface area contributed by atoms with E-state index in [0.29, 0.717) is 0 Å². The monoisotopic (exact) mass is 377 g/mol. The second-order valence-electron chi connectivity index (χ2n) is 7.43. The average Bonchev–Trinajstić information content (AvgIpc) is 3.08. The number of hydrogen-bond acceptors (Lipinski definition) is 4. The predicted molar refractivity (Wildman–Crippen MR) is 114 cm³/mol. The molecule has 0 radical (unpaired) electrons. The Morgan fingerprint density at radius 2 is 1.71 bits per heavy atom. The number of ether oxygens (including phenoxy) is 1. The molecule has 1 fully saturated rings. The van der Waals surface area contributed by atoms with Crippen LogP contribution in [0.5, 0.6) is 5.75 Å². The van der Waals surface area contributed by atoms with Crippen molar-refractivity contribution >= 4 is 22.4 Å². The first kappa shape index (κ1) is 18.6. The fourth-order valence-corrected chi connectivity index (χ4v) is 4.13. The standard InChI is InChI=1S/C23H27N3O2/c1-16-22(20-6-4-5-7-21(20)24-16)23(27)17(2)25-12-14-26(15-13-25)18-8-10-19(28-3)11-9-18/h4-11,17,24H,12-15H2,1-3H3/t17-/m0/s1. The molecule has 146 valence electrons. The van der Waals surface area contributed by atoms with Gasteiger partial charge in [-0.25, -0.2) is 0 Å². The van der Waals surface area contributed by atoms with E-state index in [9.17, 15) is 4.79 Å². The highest BCUT2D eigenvalue weighted by Crippen LogP contribution is 2.25. The SMILES string of the molecule is COc1ccc(N2CCN([C@@H](C)C(=O)c3c(C)[nH]c4ccccc34)CC2)cc1. The third-order valence-corrected chi connectivity index (χ3v) is 5.82. The summed E-state index contributed by atoms with van der Waals surface area (Å²) in [4.78, 5) is 21.3. The van der Waals surface area contributed by atoms with Crippen LogP contribution in [0.2, 0.25) is 0 Å². The topological polar surface area (TPSA) is 48.6 Å². The van der Waals surface area contributed by atoms with Crippen molar-refractivity contribution < 1.29 is 9.53 Å². The summed E-state index contributed by atoms with van der Waals surface area (Å²) in [6.45, 7) is 7.60. The van der Waals surface area contributed by atoms with Gasteiger partial charge in [-0.1, -0.05) is 18.2 Å². The molecule has 1 aromatic heterocycles. The lowest BCUT2D eigenvalue weighted by Crippen LogP contribution is -2.51. The van der Waals surface area contributed by atoms with Crippen LogP contribution in [0.1, 0.15) is 23.0 Å². The van der Waals surface area contributed by atoms with E-state index in [0.717, 1.165) is 54.1 Å². The number of para-hydroxylation sites is 1. The Hall–Kier alpha value is -2.79. The normalized spacial score (nSPS) is 16.3. The number of hydrogen-bond donors (Lipinski definition) is 1. The molecule has 28 heavy (non-hydrogen) atoms. The number of benzene rings is 2. The molecule has 1 saturated heterocycles. The Labute approximate surface area is 165 Å². The number of carbonyl (C=O) groups is 1. The number of fused-ring (bicyclic) bond motifs is 1. The number of Topliss-reactive ketones (excluding diaryl/α,β-unsaturated/α-hetero) is 1. The van der Waals surface area contributed by atoms with Gasteiger partial charge in [0.2, 0.25) is 0 Å². The fourth-order valence-electron chi connectivity index (χ4n) is 4.13. The van der Waals surface area contributed by atoms with Crippen molar-refractivity contribution in [1.82, 2.24) is 9.88 Å². The summed E-state index contributed by atoms with van der Waals surface area (Å²) in [5, 5.41) is 1.02. The largest absolute Gasteiger partial charge is 0.497 e. The van der Waals surface area contributed by atoms with Crippen molar-refractivity contribution in [2.75, 3.05) is 38.2 Å². The van der Waals surface area contributed by atoms with Crippen LogP contribution in [0.25, 0.3) is 10.9 Å². The lowest BCUT2D eigenvalue weighted by Gasteiger charge is -2.38. The van der Waals surface area contributed by atoms with Crippen LogP contribution in [0.15, 0.2) is 48.5 Å². The van der Waals surface area contributed by atoms with E-state index in [1.165, 1.54) is 5.69 Å². The van der Waals surface area contributed by atoms with Crippen molar-refractivity contribution in [3.05, 3.63) is 59.8 Å². The summed E-state index contributed by atoms with van der Waals surface area (Å²) < 4.78 is 5.24. The third kappa shape index (κ3) is 3.38. The minimum Gasteiger partial charge on any atom is -0.497 e. The molecule has 4 rings (SSSR count). The number of aromatic nitrogens is 1. The molecule has 1 atom stereocenters. The number of methoxy groups -OCH3 is 1. The summed E-state index contributed by atoms with van der Waals surface area (Å²) >= 11 is 0. The third-order valence-electron chi connectivity index (χ3n) is 5.82. The minimum atomic E-state index is -0.129. The highest BCUT2D eigenvalue weighted by molar-refractivity contribution is 6.11. The van der Waals surface area contributed by atoms with E-state index in [4.69, 9.17) is 4.74 Å². The Morgan fingerprint density at radius 1 is 1.04 bits per heavy atom. The molecule has 3 aromatic rings. The summed E-state index contributed by atoms with van der Waals surface area (Å²) in [5.41, 5.74) is 4.02. The number of carbonyl (C=O) groups excluding carboxylic acids is 1. The van der Waals surface area contributed by atoms with Gasteiger partial charge in [-0.05, 0) is 44.2 Å². The molecule has 2 heterocycles. The van der Waals surface area contributed by atoms with Crippen LogP contribution in [-0.4, -0.2) is 55.0 Å². The molecule has 0 aliphatic carbocycles. The van der Waals surface area contributed by atoms with Gasteiger partial charge < -0.3 is 14.6 Å². The average molecular weight is 377 g/mol. The molecule has 0 amide bonds. The first-order chi connectivity index (χ1) is 13.6. The second-order valence-corrected chi connectivity index (χ2v) is 7.43. The Morgan fingerprint density at radius 3 is 2.39 bits per heavy atom. The van der Waals surface area contributed by atoms with Crippen molar-refractivity contribution in [3.8, 4) is 5.75 Å². The van der Waals surface area contributed by atoms with Crippen molar-refractivity contribution in [2.24, 2.45) is 0 Å². The number of nitrogens with zero attached hydrogens (tertiary/aromatic N) is 2. The van der Waals surface area contributed by atoms with Gasteiger partial charge in [0.25, 0.3) is 0 Å². The van der Waals surface area contributed by atoms with Crippen molar-refractivity contribution in [1.29, 1.82) is 0 Å². The molecule has 0 unspecified atom stereocenters. The summed E-state index contributed by atoms with van der Waals surface area (Å²) in [6.07, 6.45) is 0. The fraction of sp³-hybridized carbons (Fsp3) is 0.348. The van der Waals surface area contributed by atoms with Crippen LogP contribution in [0, 0.1) is 6.92 Å². The molecule has 1 N–H and O–H groups in total. The van der Waals surface area contributed by atoms with E-state index in [1.54, 1.807) is 7.11 Å². The van der Waals surface area contributed by atoms with Crippen LogP contribution in [0.3, 0.4) is 0 Å². The number of piperazine rings is 1. The molecular weight excluding hydrogens is 350 g/mol. The van der Waals surface area contributed by atoms with Crippen molar-refractivity contribution in [3.63, 3.8) is 0 Å². The van der Waals surface area contributed by atoms with Gasteiger partial charge in [-0.15, -0.1) is 0 Å². The predicted octanol–water partition coefficient (Wildman–Crippen LogP) is 3.88. The number of anilines is 1. The maximum atomic E-state index is 13.3. The van der Waals surface area contributed by atoms with Gasteiger partial charge in [-0.2, -0.15) is 0 Å². The Balaban J connectivity index is 1.45. The van der Waals surface area contributed by atoms with Crippen LogP contribution in [-0.2, 0) is 0 Å². The van der Waals surface area contributed by atoms with E-state index < -0.39 is 0 Å². The molecule has 5 heteroatoms. The molecule has 5 nitrogen and oxygen atoms in total. The van der Waals surface area contributed by atoms with Gasteiger partial charge in [-0.3, -0.25) is 9.69 Å². The smallest absolute Gasteiger partial charge is 0.182 e. The zero-order valence-electron chi connectivity index (χ0n) is 16.7. The number of aryl methyl sites for hydroxylation is 1. The molecular formula is C23H27N3O2. The molecule has 0 bridgehead atoms. The molecule has 0 spiro atoms. The first-order valence-corrected chi connectivity index (χ1v) is 9.83. The van der Waals surface area contributed by atoms with Crippen molar-refractivity contribution in [2.45, 2.75) is 19.9 Å². The summed E-state index contributed by atoms with van der Waals surface area (Å²) in [5.74, 6) is 1.07. The maximum absolute atomic E-state index is 13.3. The molecule has 1 aliphatic heterocycles. The van der Waals surface area contributed by atoms with E-state index in [-0.39, 0.29) is 11.8 Å². The van der Waals surface area contributed by atoms with Crippen LogP contribution >= 0.6 is 0 Å². The highest BCUT2D eigenvalue weighted by Gasteiger charge is 2.28. The Kier molecular flexibility index (Phi) is 5.09. The van der Waals surface area contributed by atoms with E-state index >= 15 is 0 Å². The quantitative estimate of drug-likeness (QED) is 0.686. The molecule has 1 aliphatic rings. The number of nitrogens with one attached hydrogen (secondary N) is 1. The number of rotatable bonds is 5. The van der Waals surface area contributed by atoms with E-state index in [1.807, 2.05) is 50.2 Å². The summed E-state index contributed by atoms with van der Waals surface area (Å²) in [6, 6.07) is 16.1. The number of H-pyrrole nitrogens is 1. The molecule has 0 saturated carbocycles. The van der Waals surface area contributed by atoms with Gasteiger partial charge in [0.15, 0.2) is 5.78 Å². The second kappa shape index (κ2) is 7.68. The van der Waals surface area contributed by atoms with Gasteiger partial charge in [0.1, 0.15) is 5.75 Å². The first-order valence-electron chi connectivity index (χ1n) is 9.83. The van der Waals surface area contributed by atoms with Gasteiger partial charge in [0.05, 0.1) is 13.2 Å². The number of ketones is 1. The van der Waals surface area contributed by atoms with Crippen LogP contribution in [0.4, 0.5) is 5.69 Å². The van der Waals surface area contributed by atoms with Gasteiger partial charge >= 0.3 is 0 Å². The van der Waals surface area contributed by atoms with Crippen LogP contribution < -0.4 is 9.64 Å². The Bertz CT molecular complexity index is 969. The highest BCUT2D eigenvalue weighted by atomic mass is 16.5. The zero-order valence-corrected chi connectivity index (χ0v) is 16.7. The zero-order chi connectivity index (χ0) is 19.7. The summed E-state index contributed by atoms with van der Waals surface area (Å²) in [7, 11) is 1.68. The minimum absolute atomic E-state index is 0.129. The lowest BCUT2D eigenvalue weighted by molar-refractivity contribution is 0.0831. The maximum Gasteiger partial charge on any atom is 0.182 e. The van der Waals surface area contributed by atoms with E-state index in [2.05, 4.69) is 26.9 Å². The number of aromatic amines is 1. The lowest BCUT2D eigenvalue weighted by atomic mass is 10.0. The van der Waals surface area contributed by atoms with Gasteiger partial charge in [0, 0.05) is 54.0 Å².